The van der Waals surface area contributed by atoms with Gasteiger partial charge in [-0.1, -0.05) is 29.9 Å². The van der Waals surface area contributed by atoms with Crippen molar-refractivity contribution >= 4 is 28.8 Å². The van der Waals surface area contributed by atoms with Crippen LogP contribution in [0.3, 0.4) is 0 Å². The number of thiocarbonyl (C=S) groups is 1. The van der Waals surface area contributed by atoms with Gasteiger partial charge in [-0.15, -0.1) is 0 Å². The molecule has 0 bridgehead atoms. The molecule has 100 valence electrons. The van der Waals surface area contributed by atoms with E-state index in [2.05, 4.69) is 12.2 Å². The van der Waals surface area contributed by atoms with Gasteiger partial charge in [-0.3, -0.25) is 0 Å². The molecule has 1 aromatic carbocycles. The number of rotatable bonds is 4. The second-order valence-electron chi connectivity index (χ2n) is 3.72. The number of halogens is 4. The topological polar surface area (TPSA) is 35.2 Å². The molecule has 0 spiro atoms. The van der Waals surface area contributed by atoms with Crippen LogP contribution in [0.15, 0.2) is 18.2 Å². The SMILES string of the molecule is Cc1ccc(Cl)cc1OCC(C(N)=S)C(F)(F)F. The molecule has 2 nitrogen and oxygen atoms in total. The Morgan fingerprint density at radius 1 is 1.50 bits per heavy atom. The highest BCUT2D eigenvalue weighted by Gasteiger charge is 2.42. The zero-order valence-electron chi connectivity index (χ0n) is 9.42. The Morgan fingerprint density at radius 2 is 2.11 bits per heavy atom. The standard InChI is InChI=1S/C11H11ClF3NOS/c1-6-2-3-7(12)4-9(6)17-5-8(10(16)18)11(13,14)15/h2-4,8H,5H2,1H3,(H2,16,18). The molecular formula is C11H11ClF3NOS. The fourth-order valence-electron chi connectivity index (χ4n) is 1.24. The van der Waals surface area contributed by atoms with Crippen LogP contribution in [0, 0.1) is 12.8 Å². The van der Waals surface area contributed by atoms with Gasteiger partial charge in [0.1, 0.15) is 18.3 Å². The second kappa shape index (κ2) is 5.75. The molecule has 0 aliphatic heterocycles. The van der Waals surface area contributed by atoms with E-state index in [0.29, 0.717) is 10.6 Å². The molecule has 0 aromatic heterocycles. The molecule has 0 aliphatic rings. The molecule has 1 unspecified atom stereocenters. The number of aryl methyl sites for hydroxylation is 1. The van der Waals surface area contributed by atoms with Crippen molar-refractivity contribution in [3.05, 3.63) is 28.8 Å². The fourth-order valence-corrected chi connectivity index (χ4v) is 1.60. The summed E-state index contributed by atoms with van der Waals surface area (Å²) in [5, 5.41) is 0.384. The molecule has 0 saturated carbocycles. The van der Waals surface area contributed by atoms with Crippen LogP contribution in [0.5, 0.6) is 5.75 Å². The third kappa shape index (κ3) is 4.03. The molecule has 1 rings (SSSR count). The maximum atomic E-state index is 12.6. The van der Waals surface area contributed by atoms with Gasteiger partial charge in [-0.25, -0.2) is 0 Å². The third-order valence-corrected chi connectivity index (χ3v) is 2.81. The first-order chi connectivity index (χ1) is 8.21. The van der Waals surface area contributed by atoms with Crippen molar-refractivity contribution in [2.24, 2.45) is 11.7 Å². The molecule has 2 N–H and O–H groups in total. The molecule has 0 radical (unpaired) electrons. The zero-order valence-corrected chi connectivity index (χ0v) is 11.0. The van der Waals surface area contributed by atoms with Crippen molar-refractivity contribution in [3.63, 3.8) is 0 Å². The molecular weight excluding hydrogens is 287 g/mol. The lowest BCUT2D eigenvalue weighted by molar-refractivity contribution is -0.161. The Balaban J connectivity index is 2.79. The van der Waals surface area contributed by atoms with Gasteiger partial charge in [-0.2, -0.15) is 13.2 Å². The number of benzene rings is 1. The summed E-state index contributed by atoms with van der Waals surface area (Å²) >= 11 is 10.1. The van der Waals surface area contributed by atoms with Gasteiger partial charge in [0.2, 0.25) is 0 Å². The lowest BCUT2D eigenvalue weighted by Crippen LogP contribution is -2.38. The van der Waals surface area contributed by atoms with E-state index >= 15 is 0 Å². The highest BCUT2D eigenvalue weighted by molar-refractivity contribution is 7.80. The average molecular weight is 298 g/mol. The first-order valence-corrected chi connectivity index (χ1v) is 5.75. The van der Waals surface area contributed by atoms with E-state index in [1.54, 1.807) is 19.1 Å². The maximum Gasteiger partial charge on any atom is 0.401 e. The van der Waals surface area contributed by atoms with Gasteiger partial charge in [0.25, 0.3) is 0 Å². The Morgan fingerprint density at radius 3 is 2.61 bits per heavy atom. The Hall–Kier alpha value is -1.01. The average Bonchev–Trinajstić information content (AvgIpc) is 2.20. The highest BCUT2D eigenvalue weighted by atomic mass is 35.5. The van der Waals surface area contributed by atoms with Crippen LogP contribution in [0.25, 0.3) is 0 Å². The number of ether oxygens (including phenoxy) is 1. The van der Waals surface area contributed by atoms with Crippen molar-refractivity contribution < 1.29 is 17.9 Å². The number of hydrogen-bond acceptors (Lipinski definition) is 2. The van der Waals surface area contributed by atoms with Crippen LogP contribution >= 0.6 is 23.8 Å². The lowest BCUT2D eigenvalue weighted by atomic mass is 10.1. The molecule has 0 amide bonds. The van der Waals surface area contributed by atoms with Crippen LogP contribution in [-0.4, -0.2) is 17.8 Å². The Labute approximate surface area is 113 Å². The maximum absolute atomic E-state index is 12.6. The molecule has 0 aliphatic carbocycles. The van der Waals surface area contributed by atoms with E-state index in [9.17, 15) is 13.2 Å². The first kappa shape index (κ1) is 15.0. The van der Waals surface area contributed by atoms with Crippen molar-refractivity contribution in [1.82, 2.24) is 0 Å². The number of hydrogen-bond donors (Lipinski definition) is 1. The summed E-state index contributed by atoms with van der Waals surface area (Å²) in [6.45, 7) is 1.05. The molecule has 1 aromatic rings. The summed E-state index contributed by atoms with van der Waals surface area (Å²) in [6, 6.07) is 4.73. The smallest absolute Gasteiger partial charge is 0.401 e. The van der Waals surface area contributed by atoms with E-state index < -0.39 is 23.7 Å². The number of alkyl halides is 3. The van der Waals surface area contributed by atoms with Crippen molar-refractivity contribution in [2.75, 3.05) is 6.61 Å². The Kier molecular flexibility index (Phi) is 4.81. The fraction of sp³-hybridized carbons (Fsp3) is 0.364. The molecule has 1 atom stereocenters. The summed E-state index contributed by atoms with van der Waals surface area (Å²) < 4.78 is 42.8. The summed E-state index contributed by atoms with van der Waals surface area (Å²) in [5.74, 6) is -1.68. The normalized spacial score (nSPS) is 13.2. The molecule has 18 heavy (non-hydrogen) atoms. The van der Waals surface area contributed by atoms with Crippen LogP contribution < -0.4 is 10.5 Å². The van der Waals surface area contributed by atoms with Crippen molar-refractivity contribution in [3.8, 4) is 5.75 Å². The van der Waals surface area contributed by atoms with Gasteiger partial charge < -0.3 is 10.5 Å². The predicted octanol–water partition coefficient (Wildman–Crippen LogP) is 3.49. The van der Waals surface area contributed by atoms with E-state index in [1.807, 2.05) is 0 Å². The summed E-state index contributed by atoms with van der Waals surface area (Å²) in [6.07, 6.45) is -4.52. The summed E-state index contributed by atoms with van der Waals surface area (Å²) in [7, 11) is 0. The minimum absolute atomic E-state index is 0.285. The van der Waals surface area contributed by atoms with Crippen molar-refractivity contribution in [1.29, 1.82) is 0 Å². The Bertz CT molecular complexity index is 450. The van der Waals surface area contributed by atoms with Gasteiger partial charge >= 0.3 is 6.18 Å². The van der Waals surface area contributed by atoms with Gasteiger partial charge in [0, 0.05) is 5.02 Å². The number of nitrogens with two attached hydrogens (primary N) is 1. The molecule has 0 saturated heterocycles. The first-order valence-electron chi connectivity index (χ1n) is 4.97. The van der Waals surface area contributed by atoms with Crippen LogP contribution in [0.4, 0.5) is 13.2 Å². The van der Waals surface area contributed by atoms with Gasteiger partial charge in [-0.05, 0) is 24.6 Å². The minimum Gasteiger partial charge on any atom is -0.492 e. The highest BCUT2D eigenvalue weighted by Crippen LogP contribution is 2.29. The van der Waals surface area contributed by atoms with Crippen molar-refractivity contribution in [2.45, 2.75) is 13.1 Å². The largest absolute Gasteiger partial charge is 0.492 e. The summed E-state index contributed by atoms with van der Waals surface area (Å²) in [5.41, 5.74) is 5.74. The van der Waals surface area contributed by atoms with Crippen LogP contribution in [0.1, 0.15) is 5.56 Å². The molecule has 0 heterocycles. The quantitative estimate of drug-likeness (QED) is 0.864. The van der Waals surface area contributed by atoms with Crippen LogP contribution in [0.2, 0.25) is 5.02 Å². The van der Waals surface area contributed by atoms with Crippen LogP contribution in [-0.2, 0) is 0 Å². The monoisotopic (exact) mass is 297 g/mol. The predicted molar refractivity (Wildman–Crippen MR) is 68.0 cm³/mol. The second-order valence-corrected chi connectivity index (χ2v) is 4.63. The van der Waals surface area contributed by atoms with Gasteiger partial charge in [0.05, 0.1) is 4.99 Å². The summed E-state index contributed by atoms with van der Waals surface area (Å²) in [4.78, 5) is -0.637. The zero-order chi connectivity index (χ0) is 13.9. The van der Waals surface area contributed by atoms with E-state index in [1.165, 1.54) is 6.07 Å². The minimum atomic E-state index is -4.52. The van der Waals surface area contributed by atoms with E-state index in [4.69, 9.17) is 22.1 Å². The van der Waals surface area contributed by atoms with Gasteiger partial charge in [0.15, 0.2) is 0 Å². The molecule has 0 fully saturated rings. The van der Waals surface area contributed by atoms with E-state index in [0.717, 1.165) is 0 Å². The lowest BCUT2D eigenvalue weighted by Gasteiger charge is -2.20. The molecule has 7 heteroatoms. The van der Waals surface area contributed by atoms with E-state index in [-0.39, 0.29) is 5.75 Å². The third-order valence-electron chi connectivity index (χ3n) is 2.29.